The molecule has 138 valence electrons. The van der Waals surface area contributed by atoms with Crippen LogP contribution in [0, 0.1) is 0 Å². The van der Waals surface area contributed by atoms with E-state index in [1.807, 2.05) is 30.0 Å². The van der Waals surface area contributed by atoms with Gasteiger partial charge in [-0.2, -0.15) is 0 Å². The summed E-state index contributed by atoms with van der Waals surface area (Å²) in [4.78, 5) is 16.8. The van der Waals surface area contributed by atoms with Crippen LogP contribution in [0.5, 0.6) is 11.5 Å². The first-order valence-electron chi connectivity index (χ1n) is 9.09. The summed E-state index contributed by atoms with van der Waals surface area (Å²) in [6.07, 6.45) is 0.342. The smallest absolute Gasteiger partial charge is 0.237 e. The average molecular weight is 348 g/mol. The molecule has 2 unspecified atom stereocenters. The Kier molecular flexibility index (Phi) is 5.81. The lowest BCUT2D eigenvalue weighted by Gasteiger charge is -2.36. The normalized spacial score (nSPS) is 23.3. The fourth-order valence-electron chi connectivity index (χ4n) is 3.49. The molecule has 0 aliphatic carbocycles. The van der Waals surface area contributed by atoms with Gasteiger partial charge in [-0.05, 0) is 38.5 Å². The largest absolute Gasteiger partial charge is 0.486 e. The summed E-state index contributed by atoms with van der Waals surface area (Å²) in [5, 5.41) is 0. The molecule has 0 aromatic heterocycles. The van der Waals surface area contributed by atoms with E-state index >= 15 is 0 Å². The van der Waals surface area contributed by atoms with Crippen molar-refractivity contribution in [2.45, 2.75) is 39.5 Å². The Morgan fingerprint density at radius 3 is 2.52 bits per heavy atom. The molecule has 0 N–H and O–H groups in total. The number of carbonyl (C=O) groups is 1. The van der Waals surface area contributed by atoms with Crippen molar-refractivity contribution in [1.82, 2.24) is 9.80 Å². The van der Waals surface area contributed by atoms with E-state index in [4.69, 9.17) is 14.2 Å². The predicted octanol–water partition coefficient (Wildman–Crippen LogP) is 1.92. The molecule has 6 nitrogen and oxygen atoms in total. The summed E-state index contributed by atoms with van der Waals surface area (Å²) in [7, 11) is 0. The maximum Gasteiger partial charge on any atom is 0.237 e. The maximum absolute atomic E-state index is 12.7. The molecule has 25 heavy (non-hydrogen) atoms. The molecular weight excluding hydrogens is 320 g/mol. The molecule has 1 amide bonds. The van der Waals surface area contributed by atoms with Gasteiger partial charge in [-0.3, -0.25) is 9.69 Å². The number of morpholine rings is 1. The number of benzene rings is 1. The molecule has 1 saturated heterocycles. The monoisotopic (exact) mass is 348 g/mol. The van der Waals surface area contributed by atoms with Crippen molar-refractivity contribution in [3.05, 3.63) is 23.8 Å². The van der Waals surface area contributed by atoms with Crippen molar-refractivity contribution in [2.24, 2.45) is 0 Å². The van der Waals surface area contributed by atoms with Crippen molar-refractivity contribution in [3.63, 3.8) is 0 Å². The van der Waals surface area contributed by atoms with Crippen molar-refractivity contribution in [3.8, 4) is 11.5 Å². The van der Waals surface area contributed by atoms with Crippen LogP contribution in [-0.4, -0.2) is 67.3 Å². The third kappa shape index (κ3) is 4.64. The molecule has 0 saturated carbocycles. The van der Waals surface area contributed by atoms with Crippen molar-refractivity contribution in [2.75, 3.05) is 39.4 Å². The first-order chi connectivity index (χ1) is 12.0. The van der Waals surface area contributed by atoms with Crippen LogP contribution in [0.2, 0.25) is 0 Å². The molecule has 3 rings (SSSR count). The van der Waals surface area contributed by atoms with Crippen molar-refractivity contribution < 1.29 is 19.0 Å². The summed E-state index contributed by atoms with van der Waals surface area (Å²) in [6, 6.07) is 5.90. The van der Waals surface area contributed by atoms with Crippen LogP contribution in [0.3, 0.4) is 0 Å². The number of rotatable bonds is 5. The van der Waals surface area contributed by atoms with Crippen molar-refractivity contribution >= 4 is 5.91 Å². The summed E-state index contributed by atoms with van der Waals surface area (Å²) >= 11 is 0. The molecule has 0 spiro atoms. The SMILES string of the molecule is CCN(Cc1ccc2c(c1)OCCO2)C(=O)CN1CC(C)OC(C)C1. The summed E-state index contributed by atoms with van der Waals surface area (Å²) in [5.74, 6) is 1.70. The molecule has 2 aliphatic rings. The summed E-state index contributed by atoms with van der Waals surface area (Å²) < 4.78 is 16.9. The number of hydrogen-bond donors (Lipinski definition) is 0. The highest BCUT2D eigenvalue weighted by molar-refractivity contribution is 5.78. The van der Waals surface area contributed by atoms with Gasteiger partial charge in [0.1, 0.15) is 13.2 Å². The van der Waals surface area contributed by atoms with Crippen LogP contribution in [0.15, 0.2) is 18.2 Å². The van der Waals surface area contributed by atoms with Crippen LogP contribution in [0.25, 0.3) is 0 Å². The minimum atomic E-state index is 0.152. The van der Waals surface area contributed by atoms with E-state index < -0.39 is 0 Å². The number of amides is 1. The van der Waals surface area contributed by atoms with Crippen LogP contribution in [-0.2, 0) is 16.1 Å². The maximum atomic E-state index is 12.7. The van der Waals surface area contributed by atoms with Gasteiger partial charge in [0, 0.05) is 26.2 Å². The Morgan fingerprint density at radius 2 is 1.84 bits per heavy atom. The molecule has 1 aromatic carbocycles. The van der Waals surface area contributed by atoms with Crippen LogP contribution >= 0.6 is 0 Å². The number of carbonyl (C=O) groups excluding carboxylic acids is 1. The standard InChI is InChI=1S/C19H28N2O4/c1-4-21(19(22)13-20-10-14(2)25-15(3)11-20)12-16-5-6-17-18(9-16)24-8-7-23-17/h5-6,9,14-15H,4,7-8,10-13H2,1-3H3. The Morgan fingerprint density at radius 1 is 1.16 bits per heavy atom. The highest BCUT2D eigenvalue weighted by Gasteiger charge is 2.25. The highest BCUT2D eigenvalue weighted by Crippen LogP contribution is 2.31. The first-order valence-corrected chi connectivity index (χ1v) is 9.09. The second kappa shape index (κ2) is 8.06. The lowest BCUT2D eigenvalue weighted by atomic mass is 10.1. The van der Waals surface area contributed by atoms with E-state index in [0.29, 0.717) is 32.8 Å². The Labute approximate surface area is 149 Å². The zero-order chi connectivity index (χ0) is 17.8. The molecular formula is C19H28N2O4. The summed E-state index contributed by atoms with van der Waals surface area (Å²) in [6.45, 7) is 10.6. The second-order valence-corrected chi connectivity index (χ2v) is 6.84. The van der Waals surface area contributed by atoms with Crippen LogP contribution in [0.4, 0.5) is 0 Å². The number of fused-ring (bicyclic) bond motifs is 1. The average Bonchev–Trinajstić information content (AvgIpc) is 2.58. The minimum Gasteiger partial charge on any atom is -0.486 e. The van der Waals surface area contributed by atoms with E-state index in [1.54, 1.807) is 0 Å². The van der Waals surface area contributed by atoms with Gasteiger partial charge >= 0.3 is 0 Å². The van der Waals surface area contributed by atoms with E-state index in [0.717, 1.165) is 30.2 Å². The fourth-order valence-corrected chi connectivity index (χ4v) is 3.49. The molecule has 1 aromatic rings. The molecule has 0 radical (unpaired) electrons. The third-order valence-electron chi connectivity index (χ3n) is 4.57. The van der Waals surface area contributed by atoms with E-state index in [9.17, 15) is 4.79 Å². The quantitative estimate of drug-likeness (QED) is 0.814. The predicted molar refractivity (Wildman–Crippen MR) is 95.0 cm³/mol. The lowest BCUT2D eigenvalue weighted by molar-refractivity contribution is -0.136. The van der Waals surface area contributed by atoms with Gasteiger partial charge in [0.2, 0.25) is 5.91 Å². The molecule has 2 heterocycles. The molecule has 1 fully saturated rings. The minimum absolute atomic E-state index is 0.152. The molecule has 2 aliphatic heterocycles. The van der Waals surface area contributed by atoms with Crippen LogP contribution in [0.1, 0.15) is 26.3 Å². The number of likely N-dealkylation sites (N-methyl/N-ethyl adjacent to an activating group) is 1. The Hall–Kier alpha value is -1.79. The Balaban J connectivity index is 1.60. The van der Waals surface area contributed by atoms with Gasteiger partial charge in [0.05, 0.1) is 18.8 Å². The number of nitrogens with zero attached hydrogens (tertiary/aromatic N) is 2. The fraction of sp³-hybridized carbons (Fsp3) is 0.632. The van der Waals surface area contributed by atoms with Gasteiger partial charge in [-0.25, -0.2) is 0 Å². The molecule has 2 atom stereocenters. The second-order valence-electron chi connectivity index (χ2n) is 6.84. The zero-order valence-corrected chi connectivity index (χ0v) is 15.4. The number of hydrogen-bond acceptors (Lipinski definition) is 5. The molecule has 0 bridgehead atoms. The van der Waals surface area contributed by atoms with Crippen LogP contribution < -0.4 is 9.47 Å². The van der Waals surface area contributed by atoms with E-state index in [1.165, 1.54) is 0 Å². The molecule has 6 heteroatoms. The third-order valence-corrected chi connectivity index (χ3v) is 4.57. The van der Waals surface area contributed by atoms with E-state index in [2.05, 4.69) is 18.7 Å². The van der Waals surface area contributed by atoms with Gasteiger partial charge in [-0.15, -0.1) is 0 Å². The van der Waals surface area contributed by atoms with Gasteiger partial charge in [0.25, 0.3) is 0 Å². The number of ether oxygens (including phenoxy) is 3. The highest BCUT2D eigenvalue weighted by atomic mass is 16.6. The summed E-state index contributed by atoms with van der Waals surface area (Å²) in [5.41, 5.74) is 1.06. The first kappa shape index (κ1) is 18.0. The Bertz CT molecular complexity index is 597. The van der Waals surface area contributed by atoms with Gasteiger partial charge in [0.15, 0.2) is 11.5 Å². The topological polar surface area (TPSA) is 51.2 Å². The zero-order valence-electron chi connectivity index (χ0n) is 15.4. The lowest BCUT2D eigenvalue weighted by Crippen LogP contribution is -2.49. The van der Waals surface area contributed by atoms with Crippen molar-refractivity contribution in [1.29, 1.82) is 0 Å². The van der Waals surface area contributed by atoms with E-state index in [-0.39, 0.29) is 18.1 Å². The van der Waals surface area contributed by atoms with Gasteiger partial charge in [-0.1, -0.05) is 6.07 Å². The van der Waals surface area contributed by atoms with Gasteiger partial charge < -0.3 is 19.1 Å².